The third-order valence-corrected chi connectivity index (χ3v) is 4.65. The van der Waals surface area contributed by atoms with Gasteiger partial charge in [-0.3, -0.25) is 9.89 Å². The van der Waals surface area contributed by atoms with E-state index in [0.717, 1.165) is 12.1 Å². The lowest BCUT2D eigenvalue weighted by Gasteiger charge is -2.20. The van der Waals surface area contributed by atoms with Crippen LogP contribution in [0.5, 0.6) is 0 Å². The lowest BCUT2D eigenvalue weighted by molar-refractivity contribution is -0.143. The van der Waals surface area contributed by atoms with Crippen molar-refractivity contribution in [1.82, 2.24) is 25.1 Å². The minimum Gasteiger partial charge on any atom is -0.352 e. The van der Waals surface area contributed by atoms with Crippen LogP contribution in [0.1, 0.15) is 17.5 Å². The number of hydrogen-bond donors (Lipinski definition) is 2. The molecule has 28 heavy (non-hydrogen) atoms. The fourth-order valence-corrected chi connectivity index (χ4v) is 3.27. The molecule has 1 aromatic carbocycles. The Morgan fingerprint density at radius 1 is 1.25 bits per heavy atom. The van der Waals surface area contributed by atoms with E-state index in [4.69, 9.17) is 0 Å². The Kier molecular flexibility index (Phi) is 6.56. The van der Waals surface area contributed by atoms with E-state index in [1.807, 2.05) is 22.9 Å². The van der Waals surface area contributed by atoms with E-state index < -0.39 is 12.7 Å². The van der Waals surface area contributed by atoms with Gasteiger partial charge in [-0.25, -0.2) is 4.98 Å². The molecular weight excluding hydrogens is 369 g/mol. The monoisotopic (exact) mass is 394 g/mol. The van der Waals surface area contributed by atoms with Gasteiger partial charge in [-0.15, -0.1) is 0 Å². The first-order valence-corrected chi connectivity index (χ1v) is 9.21. The van der Waals surface area contributed by atoms with Gasteiger partial charge in [0.2, 0.25) is 0 Å². The van der Waals surface area contributed by atoms with Crippen molar-refractivity contribution in [2.45, 2.75) is 31.7 Å². The molecule has 152 valence electrons. The maximum Gasteiger partial charge on any atom is 0.401 e. The van der Waals surface area contributed by atoms with Crippen LogP contribution in [-0.2, 0) is 13.1 Å². The van der Waals surface area contributed by atoms with Crippen LogP contribution in [0.15, 0.2) is 48.0 Å². The molecule has 0 aliphatic carbocycles. The van der Waals surface area contributed by atoms with E-state index in [-0.39, 0.29) is 6.04 Å². The minimum absolute atomic E-state index is 0.0360. The van der Waals surface area contributed by atoms with Crippen LogP contribution < -0.4 is 10.6 Å². The van der Waals surface area contributed by atoms with Crippen LogP contribution >= 0.6 is 0 Å². The highest BCUT2D eigenvalue weighted by atomic mass is 19.4. The van der Waals surface area contributed by atoms with Crippen LogP contribution in [0.2, 0.25) is 0 Å². The molecule has 2 heterocycles. The molecule has 0 bridgehead atoms. The van der Waals surface area contributed by atoms with Crippen LogP contribution in [0.3, 0.4) is 0 Å². The summed E-state index contributed by atoms with van der Waals surface area (Å²) in [7, 11) is 1.66. The summed E-state index contributed by atoms with van der Waals surface area (Å²) in [4.78, 5) is 9.63. The van der Waals surface area contributed by atoms with Gasteiger partial charge < -0.3 is 15.2 Å². The number of rotatable bonds is 6. The van der Waals surface area contributed by atoms with Crippen LogP contribution in [0, 0.1) is 0 Å². The number of alkyl halides is 3. The standard InChI is InChI=1S/C19H25F3N6/c1-23-18(26-17-6-8-27(12-17)13-19(20,21)22)25-10-15-2-4-16(5-3-15)11-28-9-7-24-14-28/h2-5,7,9,14,17H,6,8,10-13H2,1H3,(H2,23,25,26). The first-order valence-electron chi connectivity index (χ1n) is 9.21. The average Bonchev–Trinajstić information content (AvgIpc) is 3.30. The second-order valence-corrected chi connectivity index (χ2v) is 6.96. The van der Waals surface area contributed by atoms with E-state index in [1.54, 1.807) is 19.6 Å². The van der Waals surface area contributed by atoms with Crippen LogP contribution in [-0.4, -0.2) is 59.3 Å². The predicted molar refractivity (Wildman–Crippen MR) is 102 cm³/mol. The molecule has 1 aliphatic rings. The van der Waals surface area contributed by atoms with Crippen molar-refractivity contribution in [3.05, 3.63) is 54.1 Å². The van der Waals surface area contributed by atoms with E-state index in [0.29, 0.717) is 32.0 Å². The zero-order valence-corrected chi connectivity index (χ0v) is 15.8. The molecule has 6 nitrogen and oxygen atoms in total. The predicted octanol–water partition coefficient (Wildman–Crippen LogP) is 2.23. The normalized spacial score (nSPS) is 18.4. The summed E-state index contributed by atoms with van der Waals surface area (Å²) in [5, 5.41) is 6.44. The number of aromatic nitrogens is 2. The molecule has 1 saturated heterocycles. The zero-order chi connectivity index (χ0) is 20.0. The second-order valence-electron chi connectivity index (χ2n) is 6.96. The highest BCUT2D eigenvalue weighted by Gasteiger charge is 2.34. The lowest BCUT2D eigenvalue weighted by atomic mass is 10.1. The van der Waals surface area contributed by atoms with Crippen molar-refractivity contribution >= 4 is 5.96 Å². The number of aliphatic imine (C=N–C) groups is 1. The number of nitrogens with one attached hydrogen (secondary N) is 2. The van der Waals surface area contributed by atoms with Gasteiger partial charge in [0, 0.05) is 51.7 Å². The zero-order valence-electron chi connectivity index (χ0n) is 15.8. The number of imidazole rings is 1. The highest BCUT2D eigenvalue weighted by Crippen LogP contribution is 2.19. The van der Waals surface area contributed by atoms with Gasteiger partial charge in [0.05, 0.1) is 12.9 Å². The molecule has 1 atom stereocenters. The number of halogens is 3. The fraction of sp³-hybridized carbons (Fsp3) is 0.474. The summed E-state index contributed by atoms with van der Waals surface area (Å²) in [5.41, 5.74) is 2.28. The Hall–Kier alpha value is -2.55. The second kappa shape index (κ2) is 9.09. The van der Waals surface area contributed by atoms with Gasteiger partial charge in [0.15, 0.2) is 5.96 Å². The van der Waals surface area contributed by atoms with E-state index in [1.165, 1.54) is 10.5 Å². The summed E-state index contributed by atoms with van der Waals surface area (Å²) in [6.45, 7) is 1.30. The number of guanidine groups is 1. The number of nitrogens with zero attached hydrogens (tertiary/aromatic N) is 4. The summed E-state index contributed by atoms with van der Waals surface area (Å²) >= 11 is 0. The maximum absolute atomic E-state index is 12.5. The van der Waals surface area contributed by atoms with E-state index >= 15 is 0 Å². The van der Waals surface area contributed by atoms with Crippen molar-refractivity contribution in [3.63, 3.8) is 0 Å². The Morgan fingerprint density at radius 2 is 2.00 bits per heavy atom. The Labute approximate surface area is 162 Å². The molecule has 0 radical (unpaired) electrons. The highest BCUT2D eigenvalue weighted by molar-refractivity contribution is 5.80. The molecule has 9 heteroatoms. The van der Waals surface area contributed by atoms with Gasteiger partial charge in [-0.05, 0) is 17.5 Å². The number of likely N-dealkylation sites (tertiary alicyclic amines) is 1. The third-order valence-electron chi connectivity index (χ3n) is 4.65. The van der Waals surface area contributed by atoms with Crippen molar-refractivity contribution in [2.75, 3.05) is 26.7 Å². The van der Waals surface area contributed by atoms with Gasteiger partial charge in [0.25, 0.3) is 0 Å². The smallest absolute Gasteiger partial charge is 0.352 e. The topological polar surface area (TPSA) is 57.5 Å². The largest absolute Gasteiger partial charge is 0.401 e. The Morgan fingerprint density at radius 3 is 2.64 bits per heavy atom. The molecule has 3 rings (SSSR count). The van der Waals surface area contributed by atoms with E-state index in [2.05, 4.69) is 32.7 Å². The van der Waals surface area contributed by atoms with Gasteiger partial charge in [-0.2, -0.15) is 13.2 Å². The molecule has 1 aliphatic heterocycles. The number of hydrogen-bond acceptors (Lipinski definition) is 3. The van der Waals surface area contributed by atoms with Crippen LogP contribution in [0.25, 0.3) is 0 Å². The van der Waals surface area contributed by atoms with Gasteiger partial charge in [-0.1, -0.05) is 24.3 Å². The first kappa shape index (κ1) is 20.2. The first-order chi connectivity index (χ1) is 13.4. The molecule has 2 aromatic rings. The quantitative estimate of drug-likeness (QED) is 0.583. The molecule has 0 amide bonds. The van der Waals surface area contributed by atoms with E-state index in [9.17, 15) is 13.2 Å². The van der Waals surface area contributed by atoms with Gasteiger partial charge >= 0.3 is 6.18 Å². The molecule has 1 unspecified atom stereocenters. The molecule has 0 saturated carbocycles. The van der Waals surface area contributed by atoms with Crippen molar-refractivity contribution in [2.24, 2.45) is 4.99 Å². The molecule has 0 spiro atoms. The average molecular weight is 394 g/mol. The minimum atomic E-state index is -4.15. The van der Waals surface area contributed by atoms with Crippen molar-refractivity contribution in [3.8, 4) is 0 Å². The van der Waals surface area contributed by atoms with Crippen LogP contribution in [0.4, 0.5) is 13.2 Å². The molecular formula is C19H25F3N6. The van der Waals surface area contributed by atoms with Gasteiger partial charge in [0.1, 0.15) is 0 Å². The molecule has 1 fully saturated rings. The summed E-state index contributed by atoms with van der Waals surface area (Å²) in [6, 6.07) is 8.20. The summed E-state index contributed by atoms with van der Waals surface area (Å²) in [6.07, 6.45) is 1.97. The molecule has 1 aromatic heterocycles. The van der Waals surface area contributed by atoms with Crippen molar-refractivity contribution in [1.29, 1.82) is 0 Å². The maximum atomic E-state index is 12.5. The SMILES string of the molecule is CN=C(NCc1ccc(Cn2ccnc2)cc1)NC1CCN(CC(F)(F)F)C1. The fourth-order valence-electron chi connectivity index (χ4n) is 3.27. The Balaban J connectivity index is 1.44. The molecule has 2 N–H and O–H groups in total. The van der Waals surface area contributed by atoms with Crippen molar-refractivity contribution < 1.29 is 13.2 Å². The summed E-state index contributed by atoms with van der Waals surface area (Å²) in [5.74, 6) is 0.598. The lowest BCUT2D eigenvalue weighted by Crippen LogP contribution is -2.44. The number of benzene rings is 1. The summed E-state index contributed by atoms with van der Waals surface area (Å²) < 4.78 is 39.5. The Bertz CT molecular complexity index is 755. The third kappa shape index (κ3) is 6.26.